The van der Waals surface area contributed by atoms with Gasteiger partial charge >= 0.3 is 0 Å². The zero-order valence-corrected chi connectivity index (χ0v) is 8.66. The number of hydrogen-bond acceptors (Lipinski definition) is 1. The fourth-order valence-corrected chi connectivity index (χ4v) is 2.49. The number of likely N-dealkylation sites (tertiary alicyclic amines) is 1. The monoisotopic (exact) mass is 177 g/mol. The van der Waals surface area contributed by atoms with Crippen LogP contribution < -0.4 is 0 Å². The molecule has 1 heterocycles. The van der Waals surface area contributed by atoms with E-state index in [-0.39, 0.29) is 0 Å². The van der Waals surface area contributed by atoms with Gasteiger partial charge in [-0.05, 0) is 45.6 Å². The standard InChI is InChI=1S/C12H19N/c1-10-8-9-11(2)13(10)12-6-4-3-5-7-12/h4,6-7,10-11H,3,5,8-9H2,1-2H3. The zero-order valence-electron chi connectivity index (χ0n) is 8.66. The van der Waals surface area contributed by atoms with Gasteiger partial charge in [-0.2, -0.15) is 0 Å². The van der Waals surface area contributed by atoms with Crippen LogP contribution >= 0.6 is 0 Å². The van der Waals surface area contributed by atoms with Crippen molar-refractivity contribution in [3.8, 4) is 0 Å². The minimum absolute atomic E-state index is 0.740. The van der Waals surface area contributed by atoms with E-state index in [1.54, 1.807) is 0 Å². The molecule has 72 valence electrons. The predicted octanol–water partition coefficient (Wildman–Crippen LogP) is 3.09. The molecule has 0 bridgehead atoms. The molecule has 1 nitrogen and oxygen atoms in total. The fourth-order valence-electron chi connectivity index (χ4n) is 2.49. The number of allylic oxidation sites excluding steroid dienone is 3. The molecule has 0 aromatic carbocycles. The van der Waals surface area contributed by atoms with Crippen LogP contribution in [0.5, 0.6) is 0 Å². The summed E-state index contributed by atoms with van der Waals surface area (Å²) in [6.45, 7) is 4.68. The molecule has 1 heteroatoms. The number of rotatable bonds is 1. The van der Waals surface area contributed by atoms with Gasteiger partial charge in [0, 0.05) is 17.8 Å². The summed E-state index contributed by atoms with van der Waals surface area (Å²) >= 11 is 0. The Balaban J connectivity index is 2.14. The fraction of sp³-hybridized carbons (Fsp3) is 0.667. The van der Waals surface area contributed by atoms with Crippen molar-refractivity contribution in [1.82, 2.24) is 4.90 Å². The van der Waals surface area contributed by atoms with Crippen LogP contribution in [0.25, 0.3) is 0 Å². The molecule has 2 unspecified atom stereocenters. The average Bonchev–Trinajstić information content (AvgIpc) is 2.48. The van der Waals surface area contributed by atoms with Gasteiger partial charge in [-0.15, -0.1) is 0 Å². The lowest BCUT2D eigenvalue weighted by Crippen LogP contribution is -2.31. The van der Waals surface area contributed by atoms with Crippen molar-refractivity contribution in [2.75, 3.05) is 0 Å². The third-order valence-corrected chi connectivity index (χ3v) is 3.23. The Kier molecular flexibility index (Phi) is 2.43. The molecular formula is C12H19N. The van der Waals surface area contributed by atoms with Crippen LogP contribution in [0.15, 0.2) is 23.9 Å². The third kappa shape index (κ3) is 1.65. The van der Waals surface area contributed by atoms with Gasteiger partial charge in [0.05, 0.1) is 0 Å². The van der Waals surface area contributed by atoms with Crippen molar-refractivity contribution in [1.29, 1.82) is 0 Å². The van der Waals surface area contributed by atoms with Crippen LogP contribution in [0, 0.1) is 0 Å². The molecule has 2 aliphatic rings. The van der Waals surface area contributed by atoms with E-state index in [4.69, 9.17) is 0 Å². The summed E-state index contributed by atoms with van der Waals surface area (Å²) < 4.78 is 0. The lowest BCUT2D eigenvalue weighted by Gasteiger charge is -2.30. The molecule has 1 aliphatic heterocycles. The SMILES string of the molecule is CC1CCC(C)N1C1=CCCC=C1. The largest absolute Gasteiger partial charge is 0.366 e. The van der Waals surface area contributed by atoms with E-state index < -0.39 is 0 Å². The van der Waals surface area contributed by atoms with E-state index in [2.05, 4.69) is 37.0 Å². The van der Waals surface area contributed by atoms with Crippen molar-refractivity contribution in [2.24, 2.45) is 0 Å². The second-order valence-electron chi connectivity index (χ2n) is 4.29. The van der Waals surface area contributed by atoms with Crippen molar-refractivity contribution in [2.45, 2.75) is 51.6 Å². The Bertz CT molecular complexity index is 230. The smallest absolute Gasteiger partial charge is 0.0327 e. The average molecular weight is 177 g/mol. The maximum absolute atomic E-state index is 2.58. The Labute approximate surface area is 81.1 Å². The number of nitrogens with zero attached hydrogens (tertiary/aromatic N) is 1. The van der Waals surface area contributed by atoms with Gasteiger partial charge in [0.25, 0.3) is 0 Å². The van der Waals surface area contributed by atoms with Gasteiger partial charge in [0.15, 0.2) is 0 Å². The topological polar surface area (TPSA) is 3.24 Å². The van der Waals surface area contributed by atoms with E-state index in [0.717, 1.165) is 12.1 Å². The molecule has 0 aromatic heterocycles. The Morgan fingerprint density at radius 2 is 1.85 bits per heavy atom. The van der Waals surface area contributed by atoms with Crippen LogP contribution in [0.3, 0.4) is 0 Å². The molecule has 1 aliphatic carbocycles. The summed E-state index contributed by atoms with van der Waals surface area (Å²) in [6, 6.07) is 1.48. The van der Waals surface area contributed by atoms with Crippen molar-refractivity contribution < 1.29 is 0 Å². The van der Waals surface area contributed by atoms with E-state index in [1.165, 1.54) is 31.4 Å². The van der Waals surface area contributed by atoms with Crippen molar-refractivity contribution in [3.63, 3.8) is 0 Å². The van der Waals surface area contributed by atoms with Gasteiger partial charge in [-0.3, -0.25) is 0 Å². The van der Waals surface area contributed by atoms with E-state index >= 15 is 0 Å². The van der Waals surface area contributed by atoms with Crippen molar-refractivity contribution >= 4 is 0 Å². The highest BCUT2D eigenvalue weighted by Crippen LogP contribution is 2.29. The number of hydrogen-bond donors (Lipinski definition) is 0. The van der Waals surface area contributed by atoms with Crippen LogP contribution in [0.1, 0.15) is 39.5 Å². The molecule has 13 heavy (non-hydrogen) atoms. The Morgan fingerprint density at radius 1 is 1.15 bits per heavy atom. The Morgan fingerprint density at radius 3 is 2.38 bits per heavy atom. The zero-order chi connectivity index (χ0) is 9.26. The summed E-state index contributed by atoms with van der Waals surface area (Å²) in [5.41, 5.74) is 1.46. The predicted molar refractivity (Wildman–Crippen MR) is 56.5 cm³/mol. The molecule has 1 fully saturated rings. The second kappa shape index (κ2) is 3.57. The summed E-state index contributed by atoms with van der Waals surface area (Å²) in [6.07, 6.45) is 12.1. The highest BCUT2D eigenvalue weighted by Gasteiger charge is 2.27. The maximum atomic E-state index is 2.58. The highest BCUT2D eigenvalue weighted by atomic mass is 15.2. The van der Waals surface area contributed by atoms with E-state index in [9.17, 15) is 0 Å². The Hall–Kier alpha value is -0.720. The second-order valence-corrected chi connectivity index (χ2v) is 4.29. The lowest BCUT2D eigenvalue weighted by molar-refractivity contribution is 0.284. The van der Waals surface area contributed by atoms with Gasteiger partial charge in [-0.25, -0.2) is 0 Å². The summed E-state index contributed by atoms with van der Waals surface area (Å²) in [4.78, 5) is 2.58. The van der Waals surface area contributed by atoms with E-state index in [1.807, 2.05) is 0 Å². The molecule has 0 spiro atoms. The lowest BCUT2D eigenvalue weighted by atomic mass is 10.1. The third-order valence-electron chi connectivity index (χ3n) is 3.23. The molecular weight excluding hydrogens is 158 g/mol. The van der Waals surface area contributed by atoms with Gasteiger partial charge in [0.2, 0.25) is 0 Å². The minimum Gasteiger partial charge on any atom is -0.366 e. The molecule has 2 atom stereocenters. The normalized spacial score (nSPS) is 33.7. The summed E-state index contributed by atoms with van der Waals surface area (Å²) in [5, 5.41) is 0. The molecule has 0 amide bonds. The molecule has 0 radical (unpaired) electrons. The van der Waals surface area contributed by atoms with Gasteiger partial charge in [0.1, 0.15) is 0 Å². The summed E-state index contributed by atoms with van der Waals surface area (Å²) in [7, 11) is 0. The first-order valence-electron chi connectivity index (χ1n) is 5.44. The first-order chi connectivity index (χ1) is 6.29. The molecule has 0 aromatic rings. The quantitative estimate of drug-likeness (QED) is 0.595. The molecule has 2 rings (SSSR count). The molecule has 0 saturated carbocycles. The molecule has 0 N–H and O–H groups in total. The highest BCUT2D eigenvalue weighted by molar-refractivity contribution is 5.23. The van der Waals surface area contributed by atoms with Crippen molar-refractivity contribution in [3.05, 3.63) is 23.9 Å². The van der Waals surface area contributed by atoms with E-state index in [0.29, 0.717) is 0 Å². The maximum Gasteiger partial charge on any atom is 0.0327 e. The van der Waals surface area contributed by atoms with Crippen LogP contribution in [0.2, 0.25) is 0 Å². The molecule has 1 saturated heterocycles. The van der Waals surface area contributed by atoms with Crippen LogP contribution in [-0.2, 0) is 0 Å². The van der Waals surface area contributed by atoms with Gasteiger partial charge < -0.3 is 4.90 Å². The van der Waals surface area contributed by atoms with Crippen LogP contribution in [-0.4, -0.2) is 17.0 Å². The summed E-state index contributed by atoms with van der Waals surface area (Å²) in [5.74, 6) is 0. The van der Waals surface area contributed by atoms with Crippen LogP contribution in [0.4, 0.5) is 0 Å². The minimum atomic E-state index is 0.740. The first kappa shape index (κ1) is 8.86. The first-order valence-corrected chi connectivity index (χ1v) is 5.44. The van der Waals surface area contributed by atoms with Gasteiger partial charge in [-0.1, -0.05) is 12.2 Å².